The first-order valence-corrected chi connectivity index (χ1v) is 5.04. The highest BCUT2D eigenvalue weighted by molar-refractivity contribution is 5.20. The summed E-state index contributed by atoms with van der Waals surface area (Å²) in [7, 11) is 0. The monoisotopic (exact) mass is 178 g/mol. The molecule has 4 heteroatoms. The lowest BCUT2D eigenvalue weighted by Gasteiger charge is -2.02. The topological polar surface area (TPSA) is 56.7 Å². The standard InChI is InChI=1S/C9H14N4/c10-5-8-9(6-1-2-6)11-12-13(8)7-3-4-7/h6-7H,1-5,10H2. The molecular formula is C9H14N4. The van der Waals surface area contributed by atoms with Gasteiger partial charge < -0.3 is 5.73 Å². The minimum atomic E-state index is 0.593. The van der Waals surface area contributed by atoms with Crippen molar-refractivity contribution in [3.8, 4) is 0 Å². The zero-order chi connectivity index (χ0) is 8.84. The maximum absolute atomic E-state index is 5.73. The quantitative estimate of drug-likeness (QED) is 0.749. The Morgan fingerprint density at radius 1 is 1.31 bits per heavy atom. The Labute approximate surface area is 77.1 Å². The highest BCUT2D eigenvalue weighted by Crippen LogP contribution is 2.42. The van der Waals surface area contributed by atoms with E-state index in [0.717, 1.165) is 0 Å². The van der Waals surface area contributed by atoms with Crippen molar-refractivity contribution in [2.45, 2.75) is 44.2 Å². The van der Waals surface area contributed by atoms with Crippen LogP contribution in [0.15, 0.2) is 0 Å². The van der Waals surface area contributed by atoms with E-state index < -0.39 is 0 Å². The number of rotatable bonds is 3. The van der Waals surface area contributed by atoms with Crippen LogP contribution in [0.3, 0.4) is 0 Å². The van der Waals surface area contributed by atoms with E-state index >= 15 is 0 Å². The van der Waals surface area contributed by atoms with Gasteiger partial charge in [-0.1, -0.05) is 5.21 Å². The van der Waals surface area contributed by atoms with E-state index in [1.54, 1.807) is 0 Å². The van der Waals surface area contributed by atoms with Crippen molar-refractivity contribution in [1.29, 1.82) is 0 Å². The second kappa shape index (κ2) is 2.54. The maximum Gasteiger partial charge on any atom is 0.0903 e. The lowest BCUT2D eigenvalue weighted by Crippen LogP contribution is -2.08. The van der Waals surface area contributed by atoms with Crippen LogP contribution >= 0.6 is 0 Å². The highest BCUT2D eigenvalue weighted by Gasteiger charge is 2.34. The third kappa shape index (κ3) is 1.16. The van der Waals surface area contributed by atoms with Gasteiger partial charge in [0, 0.05) is 12.5 Å². The number of hydrogen-bond acceptors (Lipinski definition) is 3. The average molecular weight is 178 g/mol. The fourth-order valence-electron chi connectivity index (χ4n) is 1.81. The molecule has 0 aromatic carbocycles. The van der Waals surface area contributed by atoms with Gasteiger partial charge in [0.1, 0.15) is 0 Å². The zero-order valence-corrected chi connectivity index (χ0v) is 7.61. The third-order valence-electron chi connectivity index (χ3n) is 2.87. The molecule has 2 aliphatic carbocycles. The van der Waals surface area contributed by atoms with Gasteiger partial charge in [-0.05, 0) is 25.7 Å². The first kappa shape index (κ1) is 7.50. The van der Waals surface area contributed by atoms with Crippen LogP contribution in [-0.2, 0) is 6.54 Å². The molecule has 0 aliphatic heterocycles. The van der Waals surface area contributed by atoms with Gasteiger partial charge in [-0.3, -0.25) is 0 Å². The summed E-state index contributed by atoms with van der Waals surface area (Å²) >= 11 is 0. The average Bonchev–Trinajstić information content (AvgIpc) is 3.02. The first-order chi connectivity index (χ1) is 6.40. The van der Waals surface area contributed by atoms with Gasteiger partial charge >= 0.3 is 0 Å². The molecule has 0 radical (unpaired) electrons. The molecule has 3 rings (SSSR count). The number of nitrogens with two attached hydrogens (primary N) is 1. The fraction of sp³-hybridized carbons (Fsp3) is 0.778. The van der Waals surface area contributed by atoms with E-state index in [4.69, 9.17) is 5.73 Å². The molecule has 0 atom stereocenters. The Morgan fingerprint density at radius 2 is 2.08 bits per heavy atom. The van der Waals surface area contributed by atoms with Crippen LogP contribution in [0.4, 0.5) is 0 Å². The summed E-state index contributed by atoms with van der Waals surface area (Å²) in [6, 6.07) is 0.610. The Morgan fingerprint density at radius 3 is 2.62 bits per heavy atom. The van der Waals surface area contributed by atoms with Crippen LogP contribution in [0, 0.1) is 0 Å². The molecule has 13 heavy (non-hydrogen) atoms. The molecular weight excluding hydrogens is 164 g/mol. The van der Waals surface area contributed by atoms with Crippen molar-refractivity contribution in [3.05, 3.63) is 11.4 Å². The summed E-state index contributed by atoms with van der Waals surface area (Å²) < 4.78 is 2.05. The molecule has 1 aromatic rings. The summed E-state index contributed by atoms with van der Waals surface area (Å²) in [5.74, 6) is 0.672. The van der Waals surface area contributed by atoms with E-state index in [1.165, 1.54) is 37.1 Å². The van der Waals surface area contributed by atoms with Crippen molar-refractivity contribution >= 4 is 0 Å². The van der Waals surface area contributed by atoms with E-state index in [2.05, 4.69) is 10.3 Å². The molecule has 70 valence electrons. The molecule has 2 aliphatic rings. The molecule has 2 saturated carbocycles. The Kier molecular flexibility index (Phi) is 1.47. The van der Waals surface area contributed by atoms with Crippen LogP contribution in [0.5, 0.6) is 0 Å². The molecule has 2 fully saturated rings. The number of hydrogen-bond donors (Lipinski definition) is 1. The molecule has 0 bridgehead atoms. The summed E-state index contributed by atoms with van der Waals surface area (Å²) in [6.45, 7) is 0.593. The second-order valence-electron chi connectivity index (χ2n) is 4.08. The van der Waals surface area contributed by atoms with Gasteiger partial charge in [-0.15, -0.1) is 5.10 Å². The smallest absolute Gasteiger partial charge is 0.0903 e. The van der Waals surface area contributed by atoms with Crippen molar-refractivity contribution < 1.29 is 0 Å². The molecule has 0 spiro atoms. The largest absolute Gasteiger partial charge is 0.325 e. The van der Waals surface area contributed by atoms with E-state index in [9.17, 15) is 0 Å². The van der Waals surface area contributed by atoms with Gasteiger partial charge in [0.2, 0.25) is 0 Å². The van der Waals surface area contributed by atoms with Crippen LogP contribution < -0.4 is 5.73 Å². The molecule has 2 N–H and O–H groups in total. The molecule has 0 unspecified atom stereocenters. The number of aromatic nitrogens is 3. The highest BCUT2D eigenvalue weighted by atomic mass is 15.5. The summed E-state index contributed by atoms with van der Waals surface area (Å²) in [4.78, 5) is 0. The second-order valence-corrected chi connectivity index (χ2v) is 4.08. The predicted octanol–water partition coefficient (Wildman–Crippen LogP) is 0.949. The minimum absolute atomic E-state index is 0.593. The maximum atomic E-state index is 5.73. The van der Waals surface area contributed by atoms with Crippen LogP contribution in [-0.4, -0.2) is 15.0 Å². The third-order valence-corrected chi connectivity index (χ3v) is 2.87. The molecule has 1 aromatic heterocycles. The lowest BCUT2D eigenvalue weighted by molar-refractivity contribution is 0.583. The molecule has 0 amide bonds. The van der Waals surface area contributed by atoms with Crippen molar-refractivity contribution in [2.24, 2.45) is 5.73 Å². The summed E-state index contributed by atoms with van der Waals surface area (Å²) in [5.41, 5.74) is 8.09. The van der Waals surface area contributed by atoms with Crippen LogP contribution in [0.1, 0.15) is 49.0 Å². The minimum Gasteiger partial charge on any atom is -0.325 e. The van der Waals surface area contributed by atoms with Gasteiger partial charge in [-0.2, -0.15) is 0 Å². The van der Waals surface area contributed by atoms with Gasteiger partial charge in [0.05, 0.1) is 17.4 Å². The lowest BCUT2D eigenvalue weighted by atomic mass is 10.2. The van der Waals surface area contributed by atoms with E-state index in [0.29, 0.717) is 18.5 Å². The van der Waals surface area contributed by atoms with E-state index in [1.807, 2.05) is 4.68 Å². The Hall–Kier alpha value is -0.900. The first-order valence-electron chi connectivity index (χ1n) is 5.04. The SMILES string of the molecule is NCc1c(C2CC2)nnn1C1CC1. The van der Waals surface area contributed by atoms with Gasteiger partial charge in [0.15, 0.2) is 0 Å². The van der Waals surface area contributed by atoms with Crippen molar-refractivity contribution in [3.63, 3.8) is 0 Å². The molecule has 1 heterocycles. The fourth-order valence-corrected chi connectivity index (χ4v) is 1.81. The normalized spacial score (nSPS) is 22.2. The molecule has 4 nitrogen and oxygen atoms in total. The van der Waals surface area contributed by atoms with E-state index in [-0.39, 0.29) is 0 Å². The van der Waals surface area contributed by atoms with Crippen molar-refractivity contribution in [2.75, 3.05) is 0 Å². The Bertz CT molecular complexity index is 293. The van der Waals surface area contributed by atoms with Gasteiger partial charge in [-0.25, -0.2) is 4.68 Å². The van der Waals surface area contributed by atoms with Crippen molar-refractivity contribution in [1.82, 2.24) is 15.0 Å². The number of nitrogens with zero attached hydrogens (tertiary/aromatic N) is 3. The summed E-state index contributed by atoms with van der Waals surface area (Å²) in [5, 5.41) is 8.44. The summed E-state index contributed by atoms with van der Waals surface area (Å²) in [6.07, 6.45) is 5.05. The molecule has 0 saturated heterocycles. The van der Waals surface area contributed by atoms with Crippen LogP contribution in [0.25, 0.3) is 0 Å². The van der Waals surface area contributed by atoms with Crippen LogP contribution in [0.2, 0.25) is 0 Å². The predicted molar refractivity (Wildman–Crippen MR) is 48.2 cm³/mol. The zero-order valence-electron chi connectivity index (χ0n) is 7.61. The van der Waals surface area contributed by atoms with Gasteiger partial charge in [0.25, 0.3) is 0 Å². The Balaban J connectivity index is 1.99.